The van der Waals surface area contributed by atoms with Gasteiger partial charge in [0.2, 0.25) is 0 Å². The second-order valence-corrected chi connectivity index (χ2v) is 13.4. The van der Waals surface area contributed by atoms with E-state index in [0.29, 0.717) is 0 Å². The summed E-state index contributed by atoms with van der Waals surface area (Å²) >= 11 is 0. The Morgan fingerprint density at radius 3 is 1.55 bits per heavy atom. The third-order valence-electron chi connectivity index (χ3n) is 10.4. The van der Waals surface area contributed by atoms with E-state index in [4.69, 9.17) is 0 Å². The number of fused-ring (bicyclic) bond motifs is 8. The van der Waals surface area contributed by atoms with Gasteiger partial charge in [-0.05, 0) is 107 Å². The van der Waals surface area contributed by atoms with Crippen molar-refractivity contribution in [3.05, 3.63) is 200 Å². The van der Waals surface area contributed by atoms with E-state index in [1.807, 2.05) is 0 Å². The molecule has 0 unspecified atom stereocenters. The largest absolute Gasteiger partial charge is 0.310 e. The smallest absolute Gasteiger partial charge is 0.0540 e. The van der Waals surface area contributed by atoms with E-state index in [1.165, 1.54) is 76.1 Å². The normalized spacial score (nSPS) is 11.5. The molecule has 1 heteroatoms. The Hall–Kier alpha value is -6.70. The molecule has 0 spiro atoms. The van der Waals surface area contributed by atoms with Crippen LogP contribution in [0.4, 0.5) is 17.1 Å². The van der Waals surface area contributed by atoms with Crippen LogP contribution >= 0.6 is 0 Å². The summed E-state index contributed by atoms with van der Waals surface area (Å²) in [7, 11) is 0. The molecule has 10 aromatic rings. The summed E-state index contributed by atoms with van der Waals surface area (Å²) in [6, 6.07) is 73.1. The molecule has 0 amide bonds. The van der Waals surface area contributed by atoms with Gasteiger partial charge in [-0.2, -0.15) is 0 Å². The molecule has 0 aliphatic carbocycles. The molecule has 0 aliphatic rings. The maximum absolute atomic E-state index is 2.43. The molecule has 51 heavy (non-hydrogen) atoms. The number of benzene rings is 10. The SMILES string of the molecule is c1ccc(-c2ccc3cc(N(c4ccc5c(ccc6ccc7ccc8ccccc8c7c65)c4)c4ccccc4-c4ccccc4)ccc3c2)cc1. The van der Waals surface area contributed by atoms with E-state index in [1.54, 1.807) is 0 Å². The molecular weight excluding hydrogens is 615 g/mol. The number of nitrogens with zero attached hydrogens (tertiary/aromatic N) is 1. The summed E-state index contributed by atoms with van der Waals surface area (Å²) in [6.07, 6.45) is 0. The Morgan fingerprint density at radius 1 is 0.275 bits per heavy atom. The Bertz CT molecular complexity index is 2900. The number of anilines is 3. The number of hydrogen-bond donors (Lipinski definition) is 0. The van der Waals surface area contributed by atoms with Gasteiger partial charge in [-0.3, -0.25) is 0 Å². The summed E-state index contributed by atoms with van der Waals surface area (Å²) < 4.78 is 0. The first-order valence-corrected chi connectivity index (χ1v) is 17.6. The zero-order valence-corrected chi connectivity index (χ0v) is 28.0. The number of rotatable bonds is 5. The van der Waals surface area contributed by atoms with Gasteiger partial charge in [0, 0.05) is 16.9 Å². The van der Waals surface area contributed by atoms with Crippen molar-refractivity contribution in [1.82, 2.24) is 0 Å². The van der Waals surface area contributed by atoms with Gasteiger partial charge < -0.3 is 4.90 Å². The van der Waals surface area contributed by atoms with Gasteiger partial charge in [-0.25, -0.2) is 0 Å². The van der Waals surface area contributed by atoms with Crippen LogP contribution in [0.15, 0.2) is 200 Å². The number of para-hydroxylation sites is 1. The average molecular weight is 648 g/mol. The zero-order chi connectivity index (χ0) is 33.7. The molecule has 1 nitrogen and oxygen atoms in total. The van der Waals surface area contributed by atoms with Crippen LogP contribution in [0.3, 0.4) is 0 Å². The van der Waals surface area contributed by atoms with E-state index in [0.717, 1.165) is 17.1 Å². The van der Waals surface area contributed by atoms with E-state index < -0.39 is 0 Å². The summed E-state index contributed by atoms with van der Waals surface area (Å²) in [4.78, 5) is 2.43. The Balaban J connectivity index is 1.19. The average Bonchev–Trinajstić information content (AvgIpc) is 3.21. The van der Waals surface area contributed by atoms with Crippen molar-refractivity contribution in [3.63, 3.8) is 0 Å². The predicted octanol–water partition coefficient (Wildman–Crippen LogP) is 14.3. The molecule has 0 atom stereocenters. The van der Waals surface area contributed by atoms with Crippen molar-refractivity contribution < 1.29 is 0 Å². The van der Waals surface area contributed by atoms with Crippen LogP contribution < -0.4 is 4.90 Å². The molecule has 0 aromatic heterocycles. The van der Waals surface area contributed by atoms with Gasteiger partial charge in [0.1, 0.15) is 0 Å². The minimum Gasteiger partial charge on any atom is -0.310 e. The molecule has 10 aromatic carbocycles. The van der Waals surface area contributed by atoms with Crippen LogP contribution in [-0.4, -0.2) is 0 Å². The standard InChI is InChI=1S/C50H33N/c1-3-11-34(12-4-1)39-24-25-41-32-43(28-27-40(41)31-39)51(48-18-10-9-16-45(48)35-13-5-2-6-14-35)44-29-30-47-42(33-44)26-23-38-22-21-37-20-19-36-15-7-8-17-46(36)49(37)50(38)47/h1-33H. The molecule has 0 radical (unpaired) electrons. The third kappa shape index (κ3) is 5.02. The Labute approximate surface area is 297 Å². The maximum Gasteiger partial charge on any atom is 0.0540 e. The lowest BCUT2D eigenvalue weighted by atomic mass is 9.92. The van der Waals surface area contributed by atoms with Gasteiger partial charge in [-0.1, -0.05) is 164 Å². The second-order valence-electron chi connectivity index (χ2n) is 13.4. The molecule has 0 aliphatic heterocycles. The van der Waals surface area contributed by atoms with Crippen LogP contribution in [0, 0.1) is 0 Å². The molecule has 0 N–H and O–H groups in total. The summed E-state index contributed by atoms with van der Waals surface area (Å²) in [5.74, 6) is 0. The quantitative estimate of drug-likeness (QED) is 0.168. The lowest BCUT2D eigenvalue weighted by Crippen LogP contribution is -2.11. The first-order chi connectivity index (χ1) is 25.3. The molecule has 10 rings (SSSR count). The van der Waals surface area contributed by atoms with Gasteiger partial charge in [0.25, 0.3) is 0 Å². The van der Waals surface area contributed by atoms with Crippen molar-refractivity contribution in [2.45, 2.75) is 0 Å². The molecule has 0 heterocycles. The summed E-state index contributed by atoms with van der Waals surface area (Å²) in [6.45, 7) is 0. The van der Waals surface area contributed by atoms with Crippen molar-refractivity contribution in [2.24, 2.45) is 0 Å². The first-order valence-electron chi connectivity index (χ1n) is 17.6. The summed E-state index contributed by atoms with van der Waals surface area (Å²) in [5.41, 5.74) is 8.21. The predicted molar refractivity (Wildman–Crippen MR) is 220 cm³/mol. The molecule has 0 saturated carbocycles. The molecule has 0 bridgehead atoms. The molecule has 0 fully saturated rings. The topological polar surface area (TPSA) is 3.24 Å². The third-order valence-corrected chi connectivity index (χ3v) is 10.4. The van der Waals surface area contributed by atoms with E-state index in [-0.39, 0.29) is 0 Å². The monoisotopic (exact) mass is 647 g/mol. The highest BCUT2D eigenvalue weighted by Crippen LogP contribution is 2.44. The van der Waals surface area contributed by atoms with Gasteiger partial charge in [-0.15, -0.1) is 0 Å². The minimum absolute atomic E-state index is 1.12. The van der Waals surface area contributed by atoms with E-state index in [9.17, 15) is 0 Å². The van der Waals surface area contributed by atoms with Crippen molar-refractivity contribution in [3.8, 4) is 22.3 Å². The lowest BCUT2D eigenvalue weighted by Gasteiger charge is -2.28. The highest BCUT2D eigenvalue weighted by atomic mass is 15.1. The second kappa shape index (κ2) is 12.0. The van der Waals surface area contributed by atoms with E-state index >= 15 is 0 Å². The molecular formula is C50H33N. The van der Waals surface area contributed by atoms with Crippen LogP contribution in [0.1, 0.15) is 0 Å². The van der Waals surface area contributed by atoms with E-state index in [2.05, 4.69) is 205 Å². The molecule has 0 saturated heterocycles. The molecule has 238 valence electrons. The first kappa shape index (κ1) is 29.2. The Kier molecular flexibility index (Phi) is 6.89. The minimum atomic E-state index is 1.12. The fourth-order valence-corrected chi connectivity index (χ4v) is 7.92. The van der Waals surface area contributed by atoms with Crippen LogP contribution in [0.25, 0.3) is 76.1 Å². The van der Waals surface area contributed by atoms with Crippen LogP contribution in [-0.2, 0) is 0 Å². The zero-order valence-electron chi connectivity index (χ0n) is 28.0. The van der Waals surface area contributed by atoms with Gasteiger partial charge in [0.15, 0.2) is 0 Å². The van der Waals surface area contributed by atoms with Crippen LogP contribution in [0.5, 0.6) is 0 Å². The van der Waals surface area contributed by atoms with Crippen molar-refractivity contribution in [2.75, 3.05) is 4.90 Å². The highest BCUT2D eigenvalue weighted by Gasteiger charge is 2.19. The van der Waals surface area contributed by atoms with Crippen LogP contribution in [0.2, 0.25) is 0 Å². The number of hydrogen-bond acceptors (Lipinski definition) is 1. The van der Waals surface area contributed by atoms with Gasteiger partial charge >= 0.3 is 0 Å². The highest BCUT2D eigenvalue weighted by molar-refractivity contribution is 6.27. The summed E-state index contributed by atoms with van der Waals surface area (Å²) in [5, 5.41) is 12.6. The maximum atomic E-state index is 2.43. The lowest BCUT2D eigenvalue weighted by molar-refractivity contribution is 1.29. The fourth-order valence-electron chi connectivity index (χ4n) is 7.92. The fraction of sp³-hybridized carbons (Fsp3) is 0. The van der Waals surface area contributed by atoms with Crippen molar-refractivity contribution in [1.29, 1.82) is 0 Å². The Morgan fingerprint density at radius 2 is 0.784 bits per heavy atom. The van der Waals surface area contributed by atoms with Gasteiger partial charge in [0.05, 0.1) is 5.69 Å². The van der Waals surface area contributed by atoms with Crippen molar-refractivity contribution >= 4 is 70.9 Å².